The third-order valence-electron chi connectivity index (χ3n) is 1.67. The second kappa shape index (κ2) is 4.67. The van der Waals surface area contributed by atoms with Crippen molar-refractivity contribution in [2.75, 3.05) is 5.32 Å². The number of hydrogen-bond acceptors (Lipinski definition) is 4. The topological polar surface area (TPSA) is 37.8 Å². The molecule has 0 atom stereocenters. The lowest BCUT2D eigenvalue weighted by Gasteiger charge is -2.01. The fraction of sp³-hybridized carbons (Fsp3) is 0.111. The second-order valence-electron chi connectivity index (χ2n) is 2.78. The Morgan fingerprint density at radius 1 is 1.33 bits per heavy atom. The monoisotopic (exact) mass is 287 g/mol. The maximum Gasteiger partial charge on any atom is 0.223 e. The Morgan fingerprint density at radius 3 is 2.67 bits per heavy atom. The maximum atomic E-state index is 12.5. The molecule has 2 heterocycles. The molecule has 0 saturated heterocycles. The van der Waals surface area contributed by atoms with Crippen LogP contribution in [0, 0.1) is 5.82 Å². The largest absolute Gasteiger partial charge is 0.349 e. The molecule has 2 aromatic heterocycles. The molecule has 78 valence electrons. The zero-order valence-electron chi connectivity index (χ0n) is 7.58. The maximum absolute atomic E-state index is 12.5. The van der Waals surface area contributed by atoms with E-state index in [0.29, 0.717) is 12.5 Å². The molecule has 0 aliphatic rings. The van der Waals surface area contributed by atoms with E-state index >= 15 is 0 Å². The van der Waals surface area contributed by atoms with E-state index < -0.39 is 5.82 Å². The van der Waals surface area contributed by atoms with E-state index in [-0.39, 0.29) is 0 Å². The summed E-state index contributed by atoms with van der Waals surface area (Å²) in [6.07, 6.45) is 2.28. The Bertz CT molecular complexity index is 443. The molecule has 2 rings (SSSR count). The first kappa shape index (κ1) is 10.5. The van der Waals surface area contributed by atoms with Crippen molar-refractivity contribution >= 4 is 33.2 Å². The highest BCUT2D eigenvalue weighted by atomic mass is 79.9. The molecule has 3 nitrogen and oxygen atoms in total. The molecule has 0 unspecified atom stereocenters. The highest BCUT2D eigenvalue weighted by Gasteiger charge is 1.99. The normalized spacial score (nSPS) is 10.3. The molecule has 6 heteroatoms. The van der Waals surface area contributed by atoms with Crippen molar-refractivity contribution in [3.63, 3.8) is 0 Å². The van der Waals surface area contributed by atoms with Crippen molar-refractivity contribution in [2.45, 2.75) is 6.54 Å². The van der Waals surface area contributed by atoms with Crippen LogP contribution in [0.2, 0.25) is 0 Å². The summed E-state index contributed by atoms with van der Waals surface area (Å²) in [6.45, 7) is 0.641. The first-order valence-corrected chi connectivity index (χ1v) is 5.80. The third kappa shape index (κ3) is 2.97. The Labute approximate surface area is 98.5 Å². The van der Waals surface area contributed by atoms with Gasteiger partial charge in [0.05, 0.1) is 22.7 Å². The number of thiophene rings is 1. The van der Waals surface area contributed by atoms with Gasteiger partial charge in [0.25, 0.3) is 0 Å². The fourth-order valence-electron chi connectivity index (χ4n) is 1.02. The predicted octanol–water partition coefficient (Wildman–Crippen LogP) is 3.05. The SMILES string of the molecule is Fc1cnc(NCc2ccc(Br)s2)nc1. The Balaban J connectivity index is 1.96. The molecule has 0 radical (unpaired) electrons. The predicted molar refractivity (Wildman–Crippen MR) is 61.3 cm³/mol. The zero-order valence-corrected chi connectivity index (χ0v) is 9.98. The molecular formula is C9H7BrFN3S. The molecule has 0 amide bonds. The number of halogens is 2. The number of anilines is 1. The van der Waals surface area contributed by atoms with Crippen LogP contribution < -0.4 is 5.32 Å². The van der Waals surface area contributed by atoms with E-state index in [1.54, 1.807) is 11.3 Å². The van der Waals surface area contributed by atoms with Gasteiger partial charge in [-0.15, -0.1) is 11.3 Å². The lowest BCUT2D eigenvalue weighted by Crippen LogP contribution is -2.01. The van der Waals surface area contributed by atoms with Crippen molar-refractivity contribution in [3.8, 4) is 0 Å². The molecule has 0 aromatic carbocycles. The van der Waals surface area contributed by atoms with Gasteiger partial charge in [0.15, 0.2) is 5.82 Å². The van der Waals surface area contributed by atoms with Gasteiger partial charge in [-0.3, -0.25) is 0 Å². The summed E-state index contributed by atoms with van der Waals surface area (Å²) in [5.41, 5.74) is 0. The van der Waals surface area contributed by atoms with Crippen LogP contribution in [0.4, 0.5) is 10.3 Å². The molecular weight excluding hydrogens is 281 g/mol. The van der Waals surface area contributed by atoms with Crippen LogP contribution in [-0.4, -0.2) is 9.97 Å². The van der Waals surface area contributed by atoms with E-state index in [9.17, 15) is 4.39 Å². The van der Waals surface area contributed by atoms with Gasteiger partial charge in [0.2, 0.25) is 5.95 Å². The second-order valence-corrected chi connectivity index (χ2v) is 5.33. The van der Waals surface area contributed by atoms with Gasteiger partial charge in [-0.25, -0.2) is 14.4 Å². The third-order valence-corrected chi connectivity index (χ3v) is 3.29. The minimum atomic E-state index is -0.431. The highest BCUT2D eigenvalue weighted by molar-refractivity contribution is 9.11. The van der Waals surface area contributed by atoms with Gasteiger partial charge in [0, 0.05) is 4.88 Å². The lowest BCUT2D eigenvalue weighted by atomic mass is 10.5. The Morgan fingerprint density at radius 2 is 2.07 bits per heavy atom. The van der Waals surface area contributed by atoms with Crippen molar-refractivity contribution < 1.29 is 4.39 Å². The van der Waals surface area contributed by atoms with Crippen LogP contribution >= 0.6 is 27.3 Å². The van der Waals surface area contributed by atoms with Crippen LogP contribution in [0.15, 0.2) is 28.3 Å². The van der Waals surface area contributed by atoms with Crippen LogP contribution in [0.3, 0.4) is 0 Å². The molecule has 0 saturated carbocycles. The highest BCUT2D eigenvalue weighted by Crippen LogP contribution is 2.22. The Hall–Kier alpha value is -1.01. The number of nitrogens with one attached hydrogen (secondary N) is 1. The van der Waals surface area contributed by atoms with E-state index in [4.69, 9.17) is 0 Å². The standard InChI is InChI=1S/C9H7BrFN3S/c10-8-2-1-7(15-8)5-14-9-12-3-6(11)4-13-9/h1-4H,5H2,(H,12,13,14). The fourth-order valence-corrected chi connectivity index (χ4v) is 2.44. The van der Waals surface area contributed by atoms with E-state index in [0.717, 1.165) is 21.1 Å². The van der Waals surface area contributed by atoms with Crippen molar-refractivity contribution in [3.05, 3.63) is 39.0 Å². The number of aromatic nitrogens is 2. The molecule has 0 bridgehead atoms. The first-order valence-electron chi connectivity index (χ1n) is 4.19. The minimum Gasteiger partial charge on any atom is -0.349 e. The quantitative estimate of drug-likeness (QED) is 0.943. The summed E-state index contributed by atoms with van der Waals surface area (Å²) in [5, 5.41) is 3.00. The summed E-state index contributed by atoms with van der Waals surface area (Å²) >= 11 is 5.01. The smallest absolute Gasteiger partial charge is 0.223 e. The lowest BCUT2D eigenvalue weighted by molar-refractivity contribution is 0.614. The van der Waals surface area contributed by atoms with Gasteiger partial charge < -0.3 is 5.32 Å². The molecule has 0 fully saturated rings. The van der Waals surface area contributed by atoms with Crippen molar-refractivity contribution in [1.29, 1.82) is 0 Å². The summed E-state index contributed by atoms with van der Waals surface area (Å²) < 4.78 is 13.6. The van der Waals surface area contributed by atoms with Crippen LogP contribution in [-0.2, 0) is 6.54 Å². The van der Waals surface area contributed by atoms with Crippen LogP contribution in [0.5, 0.6) is 0 Å². The van der Waals surface area contributed by atoms with Gasteiger partial charge in [-0.2, -0.15) is 0 Å². The van der Waals surface area contributed by atoms with Crippen molar-refractivity contribution in [1.82, 2.24) is 9.97 Å². The van der Waals surface area contributed by atoms with E-state index in [1.807, 2.05) is 12.1 Å². The Kier molecular flexibility index (Phi) is 3.27. The molecule has 0 aliphatic heterocycles. The first-order chi connectivity index (χ1) is 7.24. The molecule has 1 N–H and O–H groups in total. The molecule has 15 heavy (non-hydrogen) atoms. The summed E-state index contributed by atoms with van der Waals surface area (Å²) in [7, 11) is 0. The van der Waals surface area contributed by atoms with E-state index in [2.05, 4.69) is 31.2 Å². The van der Waals surface area contributed by atoms with Gasteiger partial charge in [-0.05, 0) is 28.1 Å². The molecule has 2 aromatic rings. The number of hydrogen-bond donors (Lipinski definition) is 1. The van der Waals surface area contributed by atoms with E-state index in [1.165, 1.54) is 0 Å². The van der Waals surface area contributed by atoms with Gasteiger partial charge >= 0.3 is 0 Å². The van der Waals surface area contributed by atoms with Crippen molar-refractivity contribution in [2.24, 2.45) is 0 Å². The molecule has 0 spiro atoms. The van der Waals surface area contributed by atoms with Gasteiger partial charge in [-0.1, -0.05) is 0 Å². The average Bonchev–Trinajstić information content (AvgIpc) is 2.64. The zero-order chi connectivity index (χ0) is 10.7. The summed E-state index contributed by atoms with van der Waals surface area (Å²) in [4.78, 5) is 8.75. The van der Waals surface area contributed by atoms with Crippen LogP contribution in [0.1, 0.15) is 4.88 Å². The summed E-state index contributed by atoms with van der Waals surface area (Å²) in [6, 6.07) is 3.98. The minimum absolute atomic E-state index is 0.431. The number of rotatable bonds is 3. The summed E-state index contributed by atoms with van der Waals surface area (Å²) in [5.74, 6) is 0.000315. The molecule has 0 aliphatic carbocycles. The number of nitrogens with zero attached hydrogens (tertiary/aromatic N) is 2. The van der Waals surface area contributed by atoms with Gasteiger partial charge in [0.1, 0.15) is 0 Å². The average molecular weight is 288 g/mol. The van der Waals surface area contributed by atoms with Crippen LogP contribution in [0.25, 0.3) is 0 Å².